The topological polar surface area (TPSA) is 53.4 Å². The van der Waals surface area contributed by atoms with E-state index in [1.165, 1.54) is 0 Å². The molecule has 1 unspecified atom stereocenters. The summed E-state index contributed by atoms with van der Waals surface area (Å²) in [4.78, 5) is 18.2. The molecule has 2 rings (SSSR count). The number of hydrogen-bond donors (Lipinski definition) is 1. The Morgan fingerprint density at radius 2 is 2.37 bits per heavy atom. The van der Waals surface area contributed by atoms with Gasteiger partial charge < -0.3 is 10.0 Å². The zero-order valence-electron chi connectivity index (χ0n) is 11.0. The number of rotatable bonds is 4. The van der Waals surface area contributed by atoms with Crippen LogP contribution in [0.3, 0.4) is 0 Å². The monoisotopic (exact) mass is 260 g/mol. The van der Waals surface area contributed by atoms with Crippen LogP contribution in [-0.2, 0) is 4.79 Å². The molecule has 1 amide bonds. The van der Waals surface area contributed by atoms with Gasteiger partial charge in [0, 0.05) is 31.5 Å². The molecule has 19 heavy (non-hydrogen) atoms. The van der Waals surface area contributed by atoms with Crippen molar-refractivity contribution in [1.29, 1.82) is 0 Å². The smallest absolute Gasteiger partial charge is 0.246 e. The van der Waals surface area contributed by atoms with Gasteiger partial charge in [-0.15, -0.1) is 0 Å². The second kappa shape index (κ2) is 7.04. The van der Waals surface area contributed by atoms with Gasteiger partial charge in [0.05, 0.1) is 5.69 Å². The SMILES string of the molecule is O=C(/C=C/c1ccccn1)N1CCCCC1CCO. The Morgan fingerprint density at radius 1 is 1.47 bits per heavy atom. The fourth-order valence-corrected chi connectivity index (χ4v) is 2.47. The van der Waals surface area contributed by atoms with Crippen LogP contribution in [0.4, 0.5) is 0 Å². The van der Waals surface area contributed by atoms with E-state index in [9.17, 15) is 4.79 Å². The largest absolute Gasteiger partial charge is 0.396 e. The maximum atomic E-state index is 12.2. The molecule has 0 aromatic carbocycles. The van der Waals surface area contributed by atoms with Crippen LogP contribution in [-0.4, -0.2) is 40.1 Å². The van der Waals surface area contributed by atoms with Crippen molar-refractivity contribution in [3.05, 3.63) is 36.2 Å². The third-order valence-corrected chi connectivity index (χ3v) is 3.46. The first-order valence-corrected chi connectivity index (χ1v) is 6.82. The van der Waals surface area contributed by atoms with E-state index in [-0.39, 0.29) is 18.6 Å². The summed E-state index contributed by atoms with van der Waals surface area (Å²) < 4.78 is 0. The van der Waals surface area contributed by atoms with Gasteiger partial charge in [0.15, 0.2) is 0 Å². The number of carbonyl (C=O) groups is 1. The van der Waals surface area contributed by atoms with Gasteiger partial charge in [-0.1, -0.05) is 6.07 Å². The molecule has 2 heterocycles. The van der Waals surface area contributed by atoms with Crippen LogP contribution >= 0.6 is 0 Å². The van der Waals surface area contributed by atoms with Gasteiger partial charge in [-0.3, -0.25) is 9.78 Å². The van der Waals surface area contributed by atoms with Crippen molar-refractivity contribution in [2.45, 2.75) is 31.7 Å². The Balaban J connectivity index is 1.99. The van der Waals surface area contributed by atoms with Gasteiger partial charge in [0.1, 0.15) is 0 Å². The van der Waals surface area contributed by atoms with E-state index in [2.05, 4.69) is 4.98 Å². The van der Waals surface area contributed by atoms with E-state index in [0.29, 0.717) is 6.42 Å². The van der Waals surface area contributed by atoms with E-state index in [1.54, 1.807) is 18.3 Å². The lowest BCUT2D eigenvalue weighted by molar-refractivity contribution is -0.129. The summed E-state index contributed by atoms with van der Waals surface area (Å²) in [5, 5.41) is 9.06. The predicted octanol–water partition coefficient (Wildman–Crippen LogP) is 1.86. The minimum atomic E-state index is 0.0174. The number of carbonyl (C=O) groups excluding carboxylic acids is 1. The van der Waals surface area contributed by atoms with E-state index >= 15 is 0 Å². The molecule has 0 radical (unpaired) electrons. The Hall–Kier alpha value is -1.68. The molecule has 1 fully saturated rings. The zero-order chi connectivity index (χ0) is 13.5. The highest BCUT2D eigenvalue weighted by atomic mass is 16.3. The molecule has 1 aromatic rings. The van der Waals surface area contributed by atoms with Crippen LogP contribution in [0.2, 0.25) is 0 Å². The highest BCUT2D eigenvalue weighted by Crippen LogP contribution is 2.19. The molecule has 4 heteroatoms. The van der Waals surface area contributed by atoms with Crippen molar-refractivity contribution in [2.75, 3.05) is 13.2 Å². The Bertz CT molecular complexity index is 429. The van der Waals surface area contributed by atoms with E-state index in [0.717, 1.165) is 31.5 Å². The molecule has 1 aliphatic heterocycles. The van der Waals surface area contributed by atoms with Crippen molar-refractivity contribution < 1.29 is 9.90 Å². The summed E-state index contributed by atoms with van der Waals surface area (Å²) in [7, 11) is 0. The van der Waals surface area contributed by atoms with E-state index < -0.39 is 0 Å². The van der Waals surface area contributed by atoms with Gasteiger partial charge in [0.2, 0.25) is 5.91 Å². The van der Waals surface area contributed by atoms with Crippen LogP contribution in [0.15, 0.2) is 30.5 Å². The quantitative estimate of drug-likeness (QED) is 0.841. The van der Waals surface area contributed by atoms with Crippen molar-refractivity contribution in [3.8, 4) is 0 Å². The maximum absolute atomic E-state index is 12.2. The molecule has 1 atom stereocenters. The average molecular weight is 260 g/mol. The van der Waals surface area contributed by atoms with Crippen molar-refractivity contribution in [1.82, 2.24) is 9.88 Å². The minimum absolute atomic E-state index is 0.0174. The zero-order valence-corrected chi connectivity index (χ0v) is 11.0. The molecule has 0 bridgehead atoms. The molecule has 1 aromatic heterocycles. The first kappa shape index (κ1) is 13.7. The molecular weight excluding hydrogens is 240 g/mol. The van der Waals surface area contributed by atoms with Crippen LogP contribution in [0, 0.1) is 0 Å². The number of aromatic nitrogens is 1. The lowest BCUT2D eigenvalue weighted by Gasteiger charge is -2.34. The van der Waals surface area contributed by atoms with Gasteiger partial charge in [-0.2, -0.15) is 0 Å². The van der Waals surface area contributed by atoms with Crippen LogP contribution in [0.5, 0.6) is 0 Å². The molecule has 0 spiro atoms. The summed E-state index contributed by atoms with van der Waals surface area (Å²) in [5.74, 6) is 0.0174. The number of piperidine rings is 1. The highest BCUT2D eigenvalue weighted by molar-refractivity contribution is 5.91. The maximum Gasteiger partial charge on any atom is 0.246 e. The standard InChI is InChI=1S/C15H20N2O2/c18-12-9-14-6-2-4-11-17(14)15(19)8-7-13-5-1-3-10-16-13/h1,3,5,7-8,10,14,18H,2,4,6,9,11-12H2/b8-7+. The van der Waals surface area contributed by atoms with E-state index in [4.69, 9.17) is 5.11 Å². The van der Waals surface area contributed by atoms with Crippen molar-refractivity contribution in [3.63, 3.8) is 0 Å². The number of hydrogen-bond acceptors (Lipinski definition) is 3. The lowest BCUT2D eigenvalue weighted by atomic mass is 9.99. The lowest BCUT2D eigenvalue weighted by Crippen LogP contribution is -2.43. The van der Waals surface area contributed by atoms with E-state index in [1.807, 2.05) is 23.1 Å². The highest BCUT2D eigenvalue weighted by Gasteiger charge is 2.24. The van der Waals surface area contributed by atoms with Gasteiger partial charge in [-0.25, -0.2) is 0 Å². The summed E-state index contributed by atoms with van der Waals surface area (Å²) in [6.45, 7) is 0.925. The van der Waals surface area contributed by atoms with Crippen LogP contribution in [0.1, 0.15) is 31.4 Å². The molecule has 0 saturated carbocycles. The summed E-state index contributed by atoms with van der Waals surface area (Å²) in [5.41, 5.74) is 0.784. The second-order valence-electron chi connectivity index (χ2n) is 4.78. The average Bonchev–Trinajstić information content (AvgIpc) is 2.47. The number of amides is 1. The Labute approximate surface area is 113 Å². The Kier molecular flexibility index (Phi) is 5.10. The van der Waals surface area contributed by atoms with Crippen LogP contribution < -0.4 is 0 Å². The fraction of sp³-hybridized carbons (Fsp3) is 0.467. The third kappa shape index (κ3) is 3.89. The number of aliphatic hydroxyl groups excluding tert-OH is 1. The molecule has 0 aliphatic carbocycles. The van der Waals surface area contributed by atoms with Gasteiger partial charge in [-0.05, 0) is 43.9 Å². The number of likely N-dealkylation sites (tertiary alicyclic amines) is 1. The third-order valence-electron chi connectivity index (χ3n) is 3.46. The summed E-state index contributed by atoms with van der Waals surface area (Å²) in [6.07, 6.45) is 8.88. The molecular formula is C15H20N2O2. The summed E-state index contributed by atoms with van der Waals surface area (Å²) >= 11 is 0. The number of pyridine rings is 1. The molecule has 102 valence electrons. The molecule has 4 nitrogen and oxygen atoms in total. The first-order valence-electron chi connectivity index (χ1n) is 6.82. The van der Waals surface area contributed by atoms with Crippen molar-refractivity contribution in [2.24, 2.45) is 0 Å². The minimum Gasteiger partial charge on any atom is -0.396 e. The second-order valence-corrected chi connectivity index (χ2v) is 4.78. The number of nitrogens with zero attached hydrogens (tertiary/aromatic N) is 2. The first-order chi connectivity index (χ1) is 9.31. The van der Waals surface area contributed by atoms with Crippen LogP contribution in [0.25, 0.3) is 6.08 Å². The van der Waals surface area contributed by atoms with Gasteiger partial charge in [0.25, 0.3) is 0 Å². The van der Waals surface area contributed by atoms with Gasteiger partial charge >= 0.3 is 0 Å². The predicted molar refractivity (Wildman–Crippen MR) is 74.3 cm³/mol. The summed E-state index contributed by atoms with van der Waals surface area (Å²) in [6, 6.07) is 5.79. The fourth-order valence-electron chi connectivity index (χ4n) is 2.47. The molecule has 1 saturated heterocycles. The molecule has 1 N–H and O–H groups in total. The molecule has 1 aliphatic rings. The Morgan fingerprint density at radius 3 is 3.11 bits per heavy atom. The number of aliphatic hydroxyl groups is 1. The van der Waals surface area contributed by atoms with Crippen molar-refractivity contribution >= 4 is 12.0 Å². The normalized spacial score (nSPS) is 19.8.